The summed E-state index contributed by atoms with van der Waals surface area (Å²) >= 11 is 3.31. The summed E-state index contributed by atoms with van der Waals surface area (Å²) in [4.78, 5) is 18.2. The fourth-order valence-corrected chi connectivity index (χ4v) is 2.21. The first-order valence-electron chi connectivity index (χ1n) is 6.52. The number of aliphatic imine (C=N–C) groups is 1. The molecule has 0 radical (unpaired) electrons. The van der Waals surface area contributed by atoms with Crippen molar-refractivity contribution in [2.45, 2.75) is 19.8 Å². The average molecular weight is 460 g/mol. The largest absolute Gasteiger partial charge is 0.469 e. The van der Waals surface area contributed by atoms with E-state index in [-0.39, 0.29) is 35.9 Å². The van der Waals surface area contributed by atoms with E-state index in [1.807, 2.05) is 6.92 Å². The Bertz CT molecular complexity index is 356. The summed E-state index contributed by atoms with van der Waals surface area (Å²) in [6.45, 7) is 8.84. The summed E-state index contributed by atoms with van der Waals surface area (Å²) in [6, 6.07) is 0. The van der Waals surface area contributed by atoms with Gasteiger partial charge in [-0.2, -0.15) is 0 Å². The van der Waals surface area contributed by atoms with Crippen LogP contribution in [-0.2, 0) is 9.53 Å². The van der Waals surface area contributed by atoms with E-state index in [9.17, 15) is 4.79 Å². The van der Waals surface area contributed by atoms with Gasteiger partial charge < -0.3 is 15.0 Å². The molecule has 7 heteroatoms. The second-order valence-electron chi connectivity index (χ2n) is 4.47. The summed E-state index contributed by atoms with van der Waals surface area (Å²) in [5.74, 6) is 0.803. The third-order valence-corrected chi connectivity index (χ3v) is 3.32. The van der Waals surface area contributed by atoms with Gasteiger partial charge in [-0.15, -0.1) is 24.0 Å². The molecule has 5 nitrogen and oxygen atoms in total. The quantitative estimate of drug-likeness (QED) is 0.303. The van der Waals surface area contributed by atoms with Gasteiger partial charge in [-0.25, -0.2) is 4.99 Å². The van der Waals surface area contributed by atoms with Crippen molar-refractivity contribution in [3.05, 3.63) is 11.1 Å². The smallest absolute Gasteiger partial charge is 0.308 e. The molecule has 1 aliphatic rings. The number of carbonyl (C=O) groups excluding carboxylic acids is 1. The van der Waals surface area contributed by atoms with Crippen LogP contribution in [0.4, 0.5) is 0 Å². The lowest BCUT2D eigenvalue weighted by atomic mass is 9.97. The molecule has 20 heavy (non-hydrogen) atoms. The number of methoxy groups -OCH3 is 1. The third-order valence-electron chi connectivity index (χ3n) is 3.06. The molecule has 116 valence electrons. The number of rotatable bonds is 4. The van der Waals surface area contributed by atoms with E-state index in [2.05, 4.69) is 37.7 Å². The predicted octanol–water partition coefficient (Wildman–Crippen LogP) is 2.36. The standard InChI is InChI=1S/C13H22BrN3O2.HI/c1-4-15-13(16-9-10(2)14)17-7-5-11(6-8-17)12(18)19-3;/h11H,2,4-9H2,1,3H3,(H,15,16);1H. The van der Waals surface area contributed by atoms with Crippen molar-refractivity contribution in [1.29, 1.82) is 0 Å². The Kier molecular flexibility index (Phi) is 10.3. The molecule has 1 saturated heterocycles. The van der Waals surface area contributed by atoms with Gasteiger partial charge in [0.25, 0.3) is 0 Å². The number of esters is 1. The zero-order chi connectivity index (χ0) is 14.3. The molecule has 1 rings (SSSR count). The number of nitrogens with zero attached hydrogens (tertiary/aromatic N) is 2. The van der Waals surface area contributed by atoms with Gasteiger partial charge >= 0.3 is 5.97 Å². The molecular weight excluding hydrogens is 437 g/mol. The van der Waals surface area contributed by atoms with E-state index in [4.69, 9.17) is 4.74 Å². The first-order valence-corrected chi connectivity index (χ1v) is 7.32. The maximum atomic E-state index is 11.5. The Hall–Kier alpha value is -0.310. The number of ether oxygens (including phenoxy) is 1. The van der Waals surface area contributed by atoms with Crippen LogP contribution in [0.1, 0.15) is 19.8 Å². The number of carbonyl (C=O) groups is 1. The van der Waals surface area contributed by atoms with Gasteiger partial charge in [0.15, 0.2) is 5.96 Å². The number of piperidine rings is 1. The van der Waals surface area contributed by atoms with Crippen molar-refractivity contribution in [3.8, 4) is 0 Å². The zero-order valence-electron chi connectivity index (χ0n) is 12.0. The minimum atomic E-state index is -0.101. The molecule has 0 saturated carbocycles. The van der Waals surface area contributed by atoms with Crippen molar-refractivity contribution >= 4 is 51.8 Å². The minimum Gasteiger partial charge on any atom is -0.469 e. The molecule has 0 aromatic carbocycles. The maximum absolute atomic E-state index is 11.5. The van der Waals surface area contributed by atoms with Gasteiger partial charge in [-0.1, -0.05) is 22.5 Å². The van der Waals surface area contributed by atoms with Gasteiger partial charge in [-0.05, 0) is 19.8 Å². The average Bonchev–Trinajstić information content (AvgIpc) is 2.42. The Morgan fingerprint density at radius 2 is 2.10 bits per heavy atom. The van der Waals surface area contributed by atoms with Crippen LogP contribution in [0.25, 0.3) is 0 Å². The Morgan fingerprint density at radius 3 is 2.55 bits per heavy atom. The molecule has 0 spiro atoms. The number of hydrogen-bond donors (Lipinski definition) is 1. The summed E-state index contributed by atoms with van der Waals surface area (Å²) in [5, 5.41) is 3.26. The SMILES string of the molecule is C=C(Br)CN=C(NCC)N1CCC(C(=O)OC)CC1.I. The van der Waals surface area contributed by atoms with Crippen LogP contribution in [-0.4, -0.2) is 50.1 Å². The highest BCUT2D eigenvalue weighted by Crippen LogP contribution is 2.18. The van der Waals surface area contributed by atoms with E-state index in [1.165, 1.54) is 7.11 Å². The van der Waals surface area contributed by atoms with Crippen LogP contribution in [0.15, 0.2) is 16.1 Å². The molecule has 0 unspecified atom stereocenters. The van der Waals surface area contributed by atoms with Crippen LogP contribution >= 0.6 is 39.9 Å². The van der Waals surface area contributed by atoms with Gasteiger partial charge in [0, 0.05) is 24.1 Å². The van der Waals surface area contributed by atoms with Crippen LogP contribution in [0.3, 0.4) is 0 Å². The number of halogens is 2. The highest BCUT2D eigenvalue weighted by molar-refractivity contribution is 14.0. The normalized spacial score (nSPS) is 16.4. The summed E-state index contributed by atoms with van der Waals surface area (Å²) in [5.41, 5.74) is 0. The number of likely N-dealkylation sites (tertiary alicyclic amines) is 1. The van der Waals surface area contributed by atoms with Gasteiger partial charge in [0.1, 0.15) is 0 Å². The highest BCUT2D eigenvalue weighted by atomic mass is 127. The molecule has 0 amide bonds. The maximum Gasteiger partial charge on any atom is 0.308 e. The third kappa shape index (κ3) is 6.43. The van der Waals surface area contributed by atoms with Crippen LogP contribution in [0.2, 0.25) is 0 Å². The second-order valence-corrected chi connectivity index (χ2v) is 5.59. The Balaban J connectivity index is 0.00000361. The number of hydrogen-bond acceptors (Lipinski definition) is 3. The van der Waals surface area contributed by atoms with Crippen LogP contribution in [0.5, 0.6) is 0 Å². The van der Waals surface area contributed by atoms with Gasteiger partial charge in [0.05, 0.1) is 19.6 Å². The summed E-state index contributed by atoms with van der Waals surface area (Å²) in [6.07, 6.45) is 1.62. The van der Waals surface area contributed by atoms with Crippen molar-refractivity contribution in [3.63, 3.8) is 0 Å². The lowest BCUT2D eigenvalue weighted by Crippen LogP contribution is -2.46. The zero-order valence-corrected chi connectivity index (χ0v) is 15.9. The van der Waals surface area contributed by atoms with E-state index < -0.39 is 0 Å². The molecule has 0 bridgehead atoms. The molecule has 0 aromatic rings. The lowest BCUT2D eigenvalue weighted by Gasteiger charge is -2.33. The highest BCUT2D eigenvalue weighted by Gasteiger charge is 2.26. The fourth-order valence-electron chi connectivity index (χ4n) is 2.08. The molecule has 0 aromatic heterocycles. The summed E-state index contributed by atoms with van der Waals surface area (Å²) in [7, 11) is 1.45. The fraction of sp³-hybridized carbons (Fsp3) is 0.692. The van der Waals surface area contributed by atoms with Crippen LogP contribution in [0, 0.1) is 5.92 Å². The van der Waals surface area contributed by atoms with Gasteiger partial charge in [-0.3, -0.25) is 4.79 Å². The van der Waals surface area contributed by atoms with E-state index in [1.54, 1.807) is 0 Å². The predicted molar refractivity (Wildman–Crippen MR) is 95.8 cm³/mol. The molecule has 0 atom stereocenters. The molecule has 1 aliphatic heterocycles. The molecule has 1 N–H and O–H groups in total. The molecule has 1 heterocycles. The Labute approximate surface area is 146 Å². The Morgan fingerprint density at radius 1 is 1.50 bits per heavy atom. The molecule has 1 fully saturated rings. The van der Waals surface area contributed by atoms with Crippen molar-refractivity contribution in [1.82, 2.24) is 10.2 Å². The first-order chi connectivity index (χ1) is 9.08. The van der Waals surface area contributed by atoms with Crippen molar-refractivity contribution in [2.24, 2.45) is 10.9 Å². The van der Waals surface area contributed by atoms with Gasteiger partial charge in [0.2, 0.25) is 0 Å². The molecular formula is C13H23BrIN3O2. The minimum absolute atomic E-state index is 0. The van der Waals surface area contributed by atoms with Crippen molar-refractivity contribution in [2.75, 3.05) is 33.3 Å². The van der Waals surface area contributed by atoms with E-state index in [0.717, 1.165) is 42.9 Å². The monoisotopic (exact) mass is 459 g/mol. The second kappa shape index (κ2) is 10.4. The number of nitrogens with one attached hydrogen (secondary N) is 1. The lowest BCUT2D eigenvalue weighted by molar-refractivity contribution is -0.146. The number of guanidine groups is 1. The van der Waals surface area contributed by atoms with E-state index in [0.29, 0.717) is 6.54 Å². The van der Waals surface area contributed by atoms with Crippen molar-refractivity contribution < 1.29 is 9.53 Å². The first kappa shape index (κ1) is 19.7. The van der Waals surface area contributed by atoms with Crippen LogP contribution < -0.4 is 5.32 Å². The topological polar surface area (TPSA) is 53.9 Å². The summed E-state index contributed by atoms with van der Waals surface area (Å²) < 4.78 is 5.64. The molecule has 0 aliphatic carbocycles. The van der Waals surface area contributed by atoms with E-state index >= 15 is 0 Å².